The largest absolute Gasteiger partial charge is 0.497 e. The number of morpholine rings is 1. The minimum Gasteiger partial charge on any atom is -0.497 e. The van der Waals surface area contributed by atoms with E-state index in [-0.39, 0.29) is 5.91 Å². The van der Waals surface area contributed by atoms with Gasteiger partial charge in [0.1, 0.15) is 11.6 Å². The van der Waals surface area contributed by atoms with Gasteiger partial charge in [-0.15, -0.1) is 10.2 Å². The third kappa shape index (κ3) is 5.70. The van der Waals surface area contributed by atoms with Crippen molar-refractivity contribution in [2.24, 2.45) is 7.05 Å². The van der Waals surface area contributed by atoms with Crippen molar-refractivity contribution in [3.63, 3.8) is 0 Å². The van der Waals surface area contributed by atoms with Crippen LogP contribution in [-0.2, 0) is 18.2 Å². The Bertz CT molecular complexity index is 759. The van der Waals surface area contributed by atoms with Gasteiger partial charge in [-0.05, 0) is 24.3 Å². The number of rotatable bonds is 9. The van der Waals surface area contributed by atoms with Gasteiger partial charge in [0.05, 0.1) is 20.3 Å². The summed E-state index contributed by atoms with van der Waals surface area (Å²) in [7, 11) is 3.57. The smallest absolute Gasteiger partial charge is 0.251 e. The molecule has 0 saturated carbocycles. The van der Waals surface area contributed by atoms with E-state index < -0.39 is 0 Å². The van der Waals surface area contributed by atoms with Crippen molar-refractivity contribution in [1.82, 2.24) is 25.0 Å². The Morgan fingerprint density at radius 2 is 2.00 bits per heavy atom. The number of carbonyl (C=O) groups excluding carboxylic acids is 1. The SMILES string of the molecule is COc1ccc(C(=O)NCCc2nnc(SCCN3CCOCC3)n2C)cc1. The van der Waals surface area contributed by atoms with Gasteiger partial charge in [0.15, 0.2) is 5.16 Å². The lowest BCUT2D eigenvalue weighted by atomic mass is 10.2. The van der Waals surface area contributed by atoms with E-state index in [0.29, 0.717) is 18.5 Å². The molecule has 8 nitrogen and oxygen atoms in total. The molecule has 1 aromatic heterocycles. The summed E-state index contributed by atoms with van der Waals surface area (Å²) in [5.74, 6) is 2.46. The summed E-state index contributed by atoms with van der Waals surface area (Å²) in [6.45, 7) is 5.17. The third-order valence-corrected chi connectivity index (χ3v) is 5.65. The zero-order valence-corrected chi connectivity index (χ0v) is 17.2. The van der Waals surface area contributed by atoms with Crippen LogP contribution in [0.2, 0.25) is 0 Å². The molecule has 0 atom stereocenters. The number of thioether (sulfide) groups is 1. The standard InChI is InChI=1S/C19H27N5O3S/c1-23-17(7-8-20-18(25)15-3-5-16(26-2)6-4-15)21-22-19(23)28-14-11-24-9-12-27-13-10-24/h3-6H,7-14H2,1-2H3,(H,20,25). The summed E-state index contributed by atoms with van der Waals surface area (Å²) in [5, 5.41) is 12.4. The van der Waals surface area contributed by atoms with Crippen molar-refractivity contribution in [1.29, 1.82) is 0 Å². The van der Waals surface area contributed by atoms with E-state index in [9.17, 15) is 4.79 Å². The summed E-state index contributed by atoms with van der Waals surface area (Å²) in [6, 6.07) is 7.05. The summed E-state index contributed by atoms with van der Waals surface area (Å²) < 4.78 is 12.5. The van der Waals surface area contributed by atoms with Gasteiger partial charge >= 0.3 is 0 Å². The van der Waals surface area contributed by atoms with Crippen LogP contribution in [0.15, 0.2) is 29.4 Å². The van der Waals surface area contributed by atoms with Gasteiger partial charge in [0.25, 0.3) is 5.91 Å². The Morgan fingerprint density at radius 1 is 1.25 bits per heavy atom. The van der Waals surface area contributed by atoms with Crippen LogP contribution < -0.4 is 10.1 Å². The second-order valence-corrected chi connectivity index (χ2v) is 7.56. The minimum absolute atomic E-state index is 0.107. The Balaban J connectivity index is 1.41. The van der Waals surface area contributed by atoms with E-state index in [1.54, 1.807) is 43.1 Å². The van der Waals surface area contributed by atoms with Gasteiger partial charge in [-0.25, -0.2) is 0 Å². The normalized spacial score (nSPS) is 14.8. The van der Waals surface area contributed by atoms with Gasteiger partial charge in [-0.2, -0.15) is 0 Å². The number of carbonyl (C=O) groups is 1. The second-order valence-electron chi connectivity index (χ2n) is 6.49. The molecule has 0 aliphatic carbocycles. The van der Waals surface area contributed by atoms with Gasteiger partial charge in [0.2, 0.25) is 0 Å². The summed E-state index contributed by atoms with van der Waals surface area (Å²) in [4.78, 5) is 14.6. The van der Waals surface area contributed by atoms with Gasteiger partial charge in [-0.3, -0.25) is 9.69 Å². The molecule has 1 aliphatic rings. The molecule has 28 heavy (non-hydrogen) atoms. The highest BCUT2D eigenvalue weighted by molar-refractivity contribution is 7.99. The highest BCUT2D eigenvalue weighted by Crippen LogP contribution is 2.16. The second kappa shape index (κ2) is 10.4. The monoisotopic (exact) mass is 405 g/mol. The molecular weight excluding hydrogens is 378 g/mol. The quantitative estimate of drug-likeness (QED) is 0.628. The number of amides is 1. The summed E-state index contributed by atoms with van der Waals surface area (Å²) >= 11 is 1.71. The van der Waals surface area contributed by atoms with Crippen LogP contribution in [0.1, 0.15) is 16.2 Å². The first-order valence-electron chi connectivity index (χ1n) is 9.41. The molecule has 9 heteroatoms. The molecule has 0 spiro atoms. The van der Waals surface area contributed by atoms with E-state index >= 15 is 0 Å². The lowest BCUT2D eigenvalue weighted by molar-refractivity contribution is 0.0410. The fraction of sp³-hybridized carbons (Fsp3) is 0.526. The number of hydrogen-bond acceptors (Lipinski definition) is 7. The van der Waals surface area contributed by atoms with Crippen LogP contribution in [0, 0.1) is 0 Å². The predicted octanol–water partition coefficient (Wildman–Crippen LogP) is 1.22. The summed E-state index contributed by atoms with van der Waals surface area (Å²) in [5.41, 5.74) is 0.609. The molecule has 1 N–H and O–H groups in total. The van der Waals surface area contributed by atoms with E-state index in [1.807, 2.05) is 11.6 Å². The molecular formula is C19H27N5O3S. The molecule has 1 amide bonds. The molecule has 152 valence electrons. The van der Waals surface area contributed by atoms with Crippen molar-refractivity contribution in [3.05, 3.63) is 35.7 Å². The van der Waals surface area contributed by atoms with E-state index in [2.05, 4.69) is 20.4 Å². The first-order chi connectivity index (χ1) is 13.7. The number of ether oxygens (including phenoxy) is 2. The first kappa shape index (κ1) is 20.6. The van der Waals surface area contributed by atoms with Crippen LogP contribution in [0.25, 0.3) is 0 Å². The van der Waals surface area contributed by atoms with Crippen LogP contribution >= 0.6 is 11.8 Å². The van der Waals surface area contributed by atoms with Crippen molar-refractivity contribution in [2.75, 3.05) is 52.3 Å². The van der Waals surface area contributed by atoms with Gasteiger partial charge in [-0.1, -0.05) is 11.8 Å². The van der Waals surface area contributed by atoms with Crippen LogP contribution in [0.4, 0.5) is 0 Å². The zero-order chi connectivity index (χ0) is 19.8. The molecule has 0 radical (unpaired) electrons. The Hall–Kier alpha value is -2.10. The summed E-state index contributed by atoms with van der Waals surface area (Å²) in [6.07, 6.45) is 0.634. The molecule has 1 saturated heterocycles. The molecule has 1 fully saturated rings. The molecule has 1 aliphatic heterocycles. The Kier molecular flexibility index (Phi) is 7.70. The number of nitrogens with zero attached hydrogens (tertiary/aromatic N) is 4. The van der Waals surface area contributed by atoms with Crippen LogP contribution in [0.3, 0.4) is 0 Å². The molecule has 2 aromatic rings. The van der Waals surface area contributed by atoms with E-state index in [1.165, 1.54) is 0 Å². The van der Waals surface area contributed by atoms with Crippen molar-refractivity contribution < 1.29 is 14.3 Å². The average molecular weight is 406 g/mol. The van der Waals surface area contributed by atoms with Crippen molar-refractivity contribution >= 4 is 17.7 Å². The maximum Gasteiger partial charge on any atom is 0.251 e. The molecule has 0 unspecified atom stereocenters. The van der Waals surface area contributed by atoms with Gasteiger partial charge < -0.3 is 19.4 Å². The number of hydrogen-bond donors (Lipinski definition) is 1. The fourth-order valence-corrected chi connectivity index (χ4v) is 3.84. The van der Waals surface area contributed by atoms with Crippen LogP contribution in [0.5, 0.6) is 5.75 Å². The maximum atomic E-state index is 12.2. The number of benzene rings is 1. The fourth-order valence-electron chi connectivity index (χ4n) is 2.91. The average Bonchev–Trinajstić information content (AvgIpc) is 3.08. The topological polar surface area (TPSA) is 81.5 Å². The zero-order valence-electron chi connectivity index (χ0n) is 16.4. The first-order valence-corrected chi connectivity index (χ1v) is 10.4. The number of methoxy groups -OCH3 is 1. The molecule has 0 bridgehead atoms. The molecule has 3 rings (SSSR count). The van der Waals surface area contributed by atoms with Gasteiger partial charge in [0, 0.05) is 51.0 Å². The van der Waals surface area contributed by atoms with Crippen molar-refractivity contribution in [3.8, 4) is 5.75 Å². The minimum atomic E-state index is -0.107. The number of nitrogens with one attached hydrogen (secondary N) is 1. The highest BCUT2D eigenvalue weighted by atomic mass is 32.2. The Morgan fingerprint density at radius 3 is 2.71 bits per heavy atom. The van der Waals surface area contributed by atoms with Crippen LogP contribution in [-0.4, -0.2) is 77.8 Å². The predicted molar refractivity (Wildman–Crippen MR) is 108 cm³/mol. The lowest BCUT2D eigenvalue weighted by Crippen LogP contribution is -2.37. The van der Waals surface area contributed by atoms with E-state index in [0.717, 1.165) is 55.3 Å². The molecule has 1 aromatic carbocycles. The maximum absolute atomic E-state index is 12.2. The molecule has 2 heterocycles. The van der Waals surface area contributed by atoms with E-state index in [4.69, 9.17) is 9.47 Å². The lowest BCUT2D eigenvalue weighted by Gasteiger charge is -2.26. The highest BCUT2D eigenvalue weighted by Gasteiger charge is 2.13. The number of aromatic nitrogens is 3. The Labute approximate surface area is 169 Å². The third-order valence-electron chi connectivity index (χ3n) is 4.65. The van der Waals surface area contributed by atoms with Crippen molar-refractivity contribution in [2.45, 2.75) is 11.6 Å².